The summed E-state index contributed by atoms with van der Waals surface area (Å²) in [4.78, 5) is 26.4. The number of carbonyl (C=O) groups is 2. The number of amides is 3. The van der Waals surface area contributed by atoms with E-state index >= 15 is 0 Å². The molecule has 3 amide bonds. The third-order valence-electron chi connectivity index (χ3n) is 4.87. The largest absolute Gasteiger partial charge is 0.333 e. The van der Waals surface area contributed by atoms with Crippen LogP contribution in [-0.2, 0) is 4.79 Å². The highest BCUT2D eigenvalue weighted by Crippen LogP contribution is 2.30. The first kappa shape index (κ1) is 20.5. The van der Waals surface area contributed by atoms with E-state index in [1.807, 2.05) is 30.5 Å². The molecule has 1 N–H and O–H groups in total. The zero-order valence-electron chi connectivity index (χ0n) is 16.0. The molecule has 1 aliphatic heterocycles. The van der Waals surface area contributed by atoms with Gasteiger partial charge in [-0.05, 0) is 68.0 Å². The van der Waals surface area contributed by atoms with Crippen molar-refractivity contribution in [3.05, 3.63) is 86.2 Å². The lowest BCUT2D eigenvalue weighted by Crippen LogP contribution is -2.30. The average Bonchev–Trinajstić information content (AvgIpc) is 3.11. The fourth-order valence-corrected chi connectivity index (χ4v) is 4.18. The van der Waals surface area contributed by atoms with E-state index < -0.39 is 11.9 Å². The number of aromatic nitrogens is 1. The Kier molecular flexibility index (Phi) is 5.36. The standard InChI is InChI=1S/C22H16Cl3N3O2/c1-12-8-14(13(2)27(12)20-7-6-16(24)11-18(20)25)9-19-21(29)28(22(30)26-19)17-5-3-4-15(23)10-17/h3-11H,1-2H3,(H,26,30)/b19-9+. The molecule has 2 aromatic carbocycles. The highest BCUT2D eigenvalue weighted by Gasteiger charge is 2.35. The maximum Gasteiger partial charge on any atom is 0.333 e. The average molecular weight is 461 g/mol. The highest BCUT2D eigenvalue weighted by atomic mass is 35.5. The minimum Gasteiger partial charge on any atom is -0.316 e. The van der Waals surface area contributed by atoms with Crippen molar-refractivity contribution in [1.29, 1.82) is 0 Å². The number of urea groups is 1. The van der Waals surface area contributed by atoms with Crippen molar-refractivity contribution in [3.63, 3.8) is 0 Å². The van der Waals surface area contributed by atoms with Crippen molar-refractivity contribution in [3.8, 4) is 5.69 Å². The van der Waals surface area contributed by atoms with Crippen molar-refractivity contribution in [2.45, 2.75) is 13.8 Å². The molecule has 0 bridgehead atoms. The van der Waals surface area contributed by atoms with E-state index in [2.05, 4.69) is 5.32 Å². The van der Waals surface area contributed by atoms with Crippen LogP contribution in [0.25, 0.3) is 11.8 Å². The van der Waals surface area contributed by atoms with Crippen LogP contribution >= 0.6 is 34.8 Å². The minimum absolute atomic E-state index is 0.183. The number of halogens is 3. The molecule has 0 atom stereocenters. The van der Waals surface area contributed by atoms with E-state index in [-0.39, 0.29) is 5.70 Å². The van der Waals surface area contributed by atoms with Crippen LogP contribution in [0, 0.1) is 13.8 Å². The zero-order valence-corrected chi connectivity index (χ0v) is 18.3. The number of anilines is 1. The van der Waals surface area contributed by atoms with Gasteiger partial charge in [0.05, 0.1) is 16.4 Å². The molecule has 3 aromatic rings. The van der Waals surface area contributed by atoms with Crippen molar-refractivity contribution < 1.29 is 9.59 Å². The molecule has 0 aliphatic carbocycles. The molecule has 1 aliphatic rings. The summed E-state index contributed by atoms with van der Waals surface area (Å²) in [5.74, 6) is -0.448. The third-order valence-corrected chi connectivity index (χ3v) is 5.64. The summed E-state index contributed by atoms with van der Waals surface area (Å²) in [6.07, 6.45) is 1.66. The monoisotopic (exact) mass is 459 g/mol. The van der Waals surface area contributed by atoms with Crippen LogP contribution in [0.1, 0.15) is 17.0 Å². The fourth-order valence-electron chi connectivity index (χ4n) is 3.51. The van der Waals surface area contributed by atoms with E-state index in [4.69, 9.17) is 34.8 Å². The van der Waals surface area contributed by atoms with Gasteiger partial charge in [-0.25, -0.2) is 9.69 Å². The van der Waals surface area contributed by atoms with E-state index in [1.165, 1.54) is 0 Å². The lowest BCUT2D eigenvalue weighted by molar-refractivity contribution is -0.113. The maximum absolute atomic E-state index is 12.9. The normalized spacial score (nSPS) is 15.2. The predicted octanol–water partition coefficient (Wildman–Crippen LogP) is 6.15. The molecule has 1 aromatic heterocycles. The lowest BCUT2D eigenvalue weighted by Gasteiger charge is -2.12. The zero-order chi connectivity index (χ0) is 21.6. The van der Waals surface area contributed by atoms with Crippen LogP contribution in [0.5, 0.6) is 0 Å². The molecule has 5 nitrogen and oxygen atoms in total. The Labute approximate surface area is 188 Å². The van der Waals surface area contributed by atoms with Gasteiger partial charge < -0.3 is 9.88 Å². The van der Waals surface area contributed by atoms with Gasteiger partial charge in [0.25, 0.3) is 5.91 Å². The highest BCUT2D eigenvalue weighted by molar-refractivity contribution is 6.35. The molecule has 0 radical (unpaired) electrons. The van der Waals surface area contributed by atoms with Gasteiger partial charge >= 0.3 is 6.03 Å². The van der Waals surface area contributed by atoms with Crippen molar-refractivity contribution in [1.82, 2.24) is 9.88 Å². The summed E-state index contributed by atoms with van der Waals surface area (Å²) in [5, 5.41) is 4.14. The third kappa shape index (κ3) is 3.60. The van der Waals surface area contributed by atoms with E-state index in [9.17, 15) is 9.59 Å². The van der Waals surface area contributed by atoms with E-state index in [1.54, 1.807) is 42.5 Å². The molecular weight excluding hydrogens is 445 g/mol. The second kappa shape index (κ2) is 7.84. The molecule has 8 heteroatoms. The van der Waals surface area contributed by atoms with Gasteiger partial charge in [0.1, 0.15) is 5.70 Å². The number of benzene rings is 2. The Morgan fingerprint density at radius 3 is 2.37 bits per heavy atom. The number of hydrogen-bond acceptors (Lipinski definition) is 2. The Morgan fingerprint density at radius 2 is 1.67 bits per heavy atom. The number of rotatable bonds is 3. The first-order valence-corrected chi connectivity index (χ1v) is 10.2. The summed E-state index contributed by atoms with van der Waals surface area (Å²) >= 11 is 18.4. The van der Waals surface area contributed by atoms with Crippen LogP contribution in [-0.4, -0.2) is 16.5 Å². The fraction of sp³-hybridized carbons (Fsp3) is 0.0909. The molecule has 152 valence electrons. The van der Waals surface area contributed by atoms with Gasteiger partial charge in [-0.1, -0.05) is 40.9 Å². The second-order valence-electron chi connectivity index (χ2n) is 6.87. The summed E-state index contributed by atoms with van der Waals surface area (Å²) in [6, 6.07) is 13.3. The SMILES string of the molecule is Cc1cc(/C=C2/NC(=O)N(c3cccc(Cl)c3)C2=O)c(C)n1-c1ccc(Cl)cc1Cl. The molecule has 0 unspecified atom stereocenters. The Morgan fingerprint density at radius 1 is 0.933 bits per heavy atom. The lowest BCUT2D eigenvalue weighted by atomic mass is 10.2. The van der Waals surface area contributed by atoms with Gasteiger partial charge in [0.15, 0.2) is 0 Å². The van der Waals surface area contributed by atoms with Gasteiger partial charge in [-0.15, -0.1) is 0 Å². The topological polar surface area (TPSA) is 54.3 Å². The minimum atomic E-state index is -0.525. The Bertz CT molecular complexity index is 1230. The van der Waals surface area contributed by atoms with Crippen LogP contribution < -0.4 is 10.2 Å². The number of imide groups is 1. The molecular formula is C22H16Cl3N3O2. The summed E-state index contributed by atoms with van der Waals surface area (Å²) in [6.45, 7) is 3.85. The summed E-state index contributed by atoms with van der Waals surface area (Å²) in [7, 11) is 0. The van der Waals surface area contributed by atoms with Crippen LogP contribution in [0.3, 0.4) is 0 Å². The summed E-state index contributed by atoms with van der Waals surface area (Å²) < 4.78 is 1.97. The van der Waals surface area contributed by atoms with Gasteiger partial charge in [-0.2, -0.15) is 0 Å². The molecule has 0 saturated carbocycles. The molecule has 0 spiro atoms. The van der Waals surface area contributed by atoms with E-state index in [0.717, 1.165) is 27.5 Å². The van der Waals surface area contributed by atoms with Crippen molar-refractivity contribution in [2.24, 2.45) is 0 Å². The first-order valence-electron chi connectivity index (χ1n) is 9.03. The van der Waals surface area contributed by atoms with Crippen LogP contribution in [0.15, 0.2) is 54.2 Å². The number of nitrogens with one attached hydrogen (secondary N) is 1. The van der Waals surface area contributed by atoms with Crippen molar-refractivity contribution in [2.75, 3.05) is 4.90 Å². The molecule has 2 heterocycles. The Hall–Kier alpha value is -2.73. The first-order chi connectivity index (χ1) is 14.3. The quantitative estimate of drug-likeness (QED) is 0.376. The second-order valence-corrected chi connectivity index (χ2v) is 8.15. The number of carbonyl (C=O) groups excluding carboxylic acids is 2. The van der Waals surface area contributed by atoms with Gasteiger partial charge in [0, 0.05) is 21.4 Å². The maximum atomic E-state index is 12.9. The van der Waals surface area contributed by atoms with Crippen LogP contribution in [0.4, 0.5) is 10.5 Å². The number of nitrogens with zero attached hydrogens (tertiary/aromatic N) is 2. The number of aryl methyl sites for hydroxylation is 1. The van der Waals surface area contributed by atoms with Gasteiger partial charge in [0.2, 0.25) is 0 Å². The van der Waals surface area contributed by atoms with Crippen molar-refractivity contribution >= 4 is 58.5 Å². The van der Waals surface area contributed by atoms with Gasteiger partial charge in [-0.3, -0.25) is 4.79 Å². The summed E-state index contributed by atoms with van der Waals surface area (Å²) in [5.41, 5.74) is 3.95. The Balaban J connectivity index is 1.72. The van der Waals surface area contributed by atoms with Crippen LogP contribution in [0.2, 0.25) is 15.1 Å². The van der Waals surface area contributed by atoms with E-state index in [0.29, 0.717) is 20.8 Å². The predicted molar refractivity (Wildman–Crippen MR) is 121 cm³/mol. The molecule has 1 saturated heterocycles. The molecule has 4 rings (SSSR count). The smallest absolute Gasteiger partial charge is 0.316 e. The number of hydrogen-bond donors (Lipinski definition) is 1. The molecule has 1 fully saturated rings. The molecule has 30 heavy (non-hydrogen) atoms.